The van der Waals surface area contributed by atoms with Crippen LogP contribution in [-0.4, -0.2) is 25.6 Å². The highest BCUT2D eigenvalue weighted by Crippen LogP contribution is 2.13. The fraction of sp³-hybridized carbons (Fsp3) is 0.533. The van der Waals surface area contributed by atoms with E-state index in [1.54, 1.807) is 0 Å². The van der Waals surface area contributed by atoms with Gasteiger partial charge in [-0.15, -0.1) is 12.4 Å². The Balaban J connectivity index is 0.00000361. The molecule has 5 heteroatoms. The minimum Gasteiger partial charge on any atom is -0.494 e. The molecule has 0 radical (unpaired) electrons. The number of ether oxygens (including phenoxy) is 1. The summed E-state index contributed by atoms with van der Waals surface area (Å²) in [4.78, 5) is 11.6. The summed E-state index contributed by atoms with van der Waals surface area (Å²) in [6.45, 7) is 4.04. The number of halogens is 1. The smallest absolute Gasteiger partial charge is 0.220 e. The van der Waals surface area contributed by atoms with E-state index < -0.39 is 0 Å². The Morgan fingerprint density at radius 1 is 1.25 bits per heavy atom. The van der Waals surface area contributed by atoms with Crippen LogP contribution in [0.25, 0.3) is 0 Å². The lowest BCUT2D eigenvalue weighted by molar-refractivity contribution is -0.121. The summed E-state index contributed by atoms with van der Waals surface area (Å²) in [6.07, 6.45) is 3.19. The zero-order valence-corrected chi connectivity index (χ0v) is 12.9. The van der Waals surface area contributed by atoms with E-state index in [2.05, 4.69) is 5.32 Å². The topological polar surface area (TPSA) is 64.3 Å². The second-order valence-corrected chi connectivity index (χ2v) is 4.42. The average Bonchev–Trinajstić information content (AvgIpc) is 2.43. The molecule has 0 unspecified atom stereocenters. The first-order chi connectivity index (χ1) is 9.26. The maximum atomic E-state index is 11.6. The van der Waals surface area contributed by atoms with Crippen LogP contribution in [0.4, 0.5) is 0 Å². The van der Waals surface area contributed by atoms with Crippen molar-refractivity contribution in [2.45, 2.75) is 32.6 Å². The Bertz CT molecular complexity index is 369. The third-order valence-electron chi connectivity index (χ3n) is 2.83. The van der Waals surface area contributed by atoms with E-state index in [9.17, 15) is 4.79 Å². The molecule has 3 N–H and O–H groups in total. The largest absolute Gasteiger partial charge is 0.494 e. The molecule has 0 saturated carbocycles. The lowest BCUT2D eigenvalue weighted by Gasteiger charge is -2.06. The van der Waals surface area contributed by atoms with Gasteiger partial charge in [-0.1, -0.05) is 12.1 Å². The molecule has 1 amide bonds. The maximum Gasteiger partial charge on any atom is 0.220 e. The molecule has 4 nitrogen and oxygen atoms in total. The van der Waals surface area contributed by atoms with Gasteiger partial charge in [-0.25, -0.2) is 0 Å². The zero-order chi connectivity index (χ0) is 13.9. The van der Waals surface area contributed by atoms with Gasteiger partial charge in [0.25, 0.3) is 0 Å². The lowest BCUT2D eigenvalue weighted by atomic mass is 10.1. The molecular weight excluding hydrogens is 276 g/mol. The predicted octanol–water partition coefficient (Wildman–Crippen LogP) is 2.29. The fourth-order valence-corrected chi connectivity index (χ4v) is 1.76. The lowest BCUT2D eigenvalue weighted by Crippen LogP contribution is -2.25. The van der Waals surface area contributed by atoms with Crippen LogP contribution in [0.1, 0.15) is 31.7 Å². The highest BCUT2D eigenvalue weighted by molar-refractivity contribution is 5.85. The number of benzene rings is 1. The predicted molar refractivity (Wildman–Crippen MR) is 84.5 cm³/mol. The SMILES string of the molecule is CCOc1ccc(CCC(=O)NCCCCN)cc1.Cl. The van der Waals surface area contributed by atoms with Crippen LogP contribution in [0, 0.1) is 0 Å². The summed E-state index contributed by atoms with van der Waals surface area (Å²) in [5.41, 5.74) is 6.54. The van der Waals surface area contributed by atoms with E-state index in [0.29, 0.717) is 19.6 Å². The summed E-state index contributed by atoms with van der Waals surface area (Å²) in [5.74, 6) is 0.975. The molecule has 1 rings (SSSR count). The summed E-state index contributed by atoms with van der Waals surface area (Å²) in [6, 6.07) is 7.90. The molecule has 0 aromatic heterocycles. The van der Waals surface area contributed by atoms with Gasteiger partial charge in [-0.3, -0.25) is 4.79 Å². The standard InChI is InChI=1S/C15H24N2O2.ClH/c1-2-19-14-8-5-13(6-9-14)7-10-15(18)17-12-4-3-11-16;/h5-6,8-9H,2-4,7,10-12,16H2,1H3,(H,17,18);1H. The van der Waals surface area contributed by atoms with Crippen molar-refractivity contribution >= 4 is 18.3 Å². The number of unbranched alkanes of at least 4 members (excludes halogenated alkanes) is 1. The number of hydrogen-bond donors (Lipinski definition) is 2. The first-order valence-electron chi connectivity index (χ1n) is 6.94. The molecule has 1 aromatic carbocycles. The highest BCUT2D eigenvalue weighted by Gasteiger charge is 2.02. The fourth-order valence-electron chi connectivity index (χ4n) is 1.76. The quantitative estimate of drug-likeness (QED) is 0.688. The Hall–Kier alpha value is -1.26. The van der Waals surface area contributed by atoms with Crippen molar-refractivity contribution in [3.63, 3.8) is 0 Å². The normalized spacial score (nSPS) is 9.70. The van der Waals surface area contributed by atoms with Crippen LogP contribution >= 0.6 is 12.4 Å². The Morgan fingerprint density at radius 3 is 2.55 bits per heavy atom. The first kappa shape index (κ1) is 18.7. The minimum atomic E-state index is 0. The zero-order valence-electron chi connectivity index (χ0n) is 12.1. The molecule has 0 aliphatic heterocycles. The van der Waals surface area contributed by atoms with Crippen molar-refractivity contribution in [1.82, 2.24) is 5.32 Å². The summed E-state index contributed by atoms with van der Waals surface area (Å²) in [7, 11) is 0. The molecule has 0 aliphatic carbocycles. The van der Waals surface area contributed by atoms with Crippen molar-refractivity contribution in [3.05, 3.63) is 29.8 Å². The Kier molecular flexibility index (Phi) is 10.8. The second-order valence-electron chi connectivity index (χ2n) is 4.42. The molecular formula is C15H25ClN2O2. The van der Waals surface area contributed by atoms with E-state index in [1.165, 1.54) is 0 Å². The van der Waals surface area contributed by atoms with Crippen LogP contribution < -0.4 is 15.8 Å². The number of hydrogen-bond acceptors (Lipinski definition) is 3. The average molecular weight is 301 g/mol. The van der Waals surface area contributed by atoms with Gasteiger partial charge in [0.15, 0.2) is 0 Å². The molecule has 0 fully saturated rings. The number of carbonyl (C=O) groups excluding carboxylic acids is 1. The van der Waals surface area contributed by atoms with Gasteiger partial charge < -0.3 is 15.8 Å². The van der Waals surface area contributed by atoms with Crippen LogP contribution in [0.15, 0.2) is 24.3 Å². The van der Waals surface area contributed by atoms with Gasteiger partial charge in [-0.05, 0) is 50.4 Å². The molecule has 1 aromatic rings. The summed E-state index contributed by atoms with van der Waals surface area (Å²) in [5, 5.41) is 2.90. The van der Waals surface area contributed by atoms with E-state index in [4.69, 9.17) is 10.5 Å². The van der Waals surface area contributed by atoms with Crippen molar-refractivity contribution in [2.75, 3.05) is 19.7 Å². The summed E-state index contributed by atoms with van der Waals surface area (Å²) >= 11 is 0. The molecule has 0 spiro atoms. The number of aryl methyl sites for hydroxylation is 1. The molecule has 0 aliphatic rings. The van der Waals surface area contributed by atoms with E-state index in [1.807, 2.05) is 31.2 Å². The molecule has 114 valence electrons. The number of rotatable bonds is 9. The first-order valence-corrected chi connectivity index (χ1v) is 6.94. The van der Waals surface area contributed by atoms with Gasteiger partial charge in [0.05, 0.1) is 6.61 Å². The number of amides is 1. The summed E-state index contributed by atoms with van der Waals surface area (Å²) < 4.78 is 5.37. The van der Waals surface area contributed by atoms with Gasteiger partial charge in [0.2, 0.25) is 5.91 Å². The van der Waals surface area contributed by atoms with Gasteiger partial charge in [-0.2, -0.15) is 0 Å². The van der Waals surface area contributed by atoms with Gasteiger partial charge >= 0.3 is 0 Å². The van der Waals surface area contributed by atoms with Crippen molar-refractivity contribution < 1.29 is 9.53 Å². The van der Waals surface area contributed by atoms with Gasteiger partial charge in [0, 0.05) is 13.0 Å². The van der Waals surface area contributed by atoms with Crippen LogP contribution in [0.5, 0.6) is 5.75 Å². The Labute approximate surface area is 127 Å². The second kappa shape index (κ2) is 11.6. The van der Waals surface area contributed by atoms with Gasteiger partial charge in [0.1, 0.15) is 5.75 Å². The van der Waals surface area contributed by atoms with Crippen LogP contribution in [0.2, 0.25) is 0 Å². The molecule has 0 heterocycles. The van der Waals surface area contributed by atoms with Crippen molar-refractivity contribution in [3.8, 4) is 5.75 Å². The van der Waals surface area contributed by atoms with E-state index >= 15 is 0 Å². The van der Waals surface area contributed by atoms with Crippen LogP contribution in [0.3, 0.4) is 0 Å². The molecule has 0 atom stereocenters. The number of nitrogens with two attached hydrogens (primary N) is 1. The van der Waals surface area contributed by atoms with Crippen LogP contribution in [-0.2, 0) is 11.2 Å². The Morgan fingerprint density at radius 2 is 1.95 bits per heavy atom. The van der Waals surface area contributed by atoms with Crippen molar-refractivity contribution in [1.29, 1.82) is 0 Å². The number of carbonyl (C=O) groups is 1. The number of nitrogens with one attached hydrogen (secondary N) is 1. The molecule has 20 heavy (non-hydrogen) atoms. The maximum absolute atomic E-state index is 11.6. The van der Waals surface area contributed by atoms with E-state index in [0.717, 1.165) is 37.1 Å². The molecule has 0 saturated heterocycles. The van der Waals surface area contributed by atoms with Crippen molar-refractivity contribution in [2.24, 2.45) is 5.73 Å². The third-order valence-corrected chi connectivity index (χ3v) is 2.83. The highest BCUT2D eigenvalue weighted by atomic mass is 35.5. The minimum absolute atomic E-state index is 0. The third kappa shape index (κ3) is 8.02. The molecule has 0 bridgehead atoms. The van der Waals surface area contributed by atoms with E-state index in [-0.39, 0.29) is 18.3 Å². The monoisotopic (exact) mass is 300 g/mol.